The van der Waals surface area contributed by atoms with E-state index in [2.05, 4.69) is 44.7 Å². The van der Waals surface area contributed by atoms with Crippen molar-refractivity contribution in [2.75, 3.05) is 13.1 Å². The standard InChI is InChI=1S/C17H30N2S/c1-5-19(15-8-6-7-13(15)11-18)12-14-9-10-16(20-14)17(2,3)4/h9-10,13,15H,5-8,11-12,18H2,1-4H3. The van der Waals surface area contributed by atoms with E-state index in [9.17, 15) is 0 Å². The first-order valence-electron chi connectivity index (χ1n) is 7.99. The van der Waals surface area contributed by atoms with Crippen LogP contribution < -0.4 is 5.73 Å². The molecular weight excluding hydrogens is 264 g/mol. The lowest BCUT2D eigenvalue weighted by Crippen LogP contribution is -2.39. The molecule has 2 rings (SSSR count). The summed E-state index contributed by atoms with van der Waals surface area (Å²) < 4.78 is 0. The molecule has 0 bridgehead atoms. The van der Waals surface area contributed by atoms with Gasteiger partial charge in [-0.2, -0.15) is 0 Å². The molecule has 3 heteroatoms. The van der Waals surface area contributed by atoms with E-state index in [0.29, 0.717) is 12.0 Å². The first-order chi connectivity index (χ1) is 9.45. The molecule has 1 aromatic heterocycles. The number of hydrogen-bond donors (Lipinski definition) is 1. The molecule has 0 spiro atoms. The van der Waals surface area contributed by atoms with E-state index in [1.165, 1.54) is 29.0 Å². The summed E-state index contributed by atoms with van der Waals surface area (Å²) in [6.45, 7) is 12.2. The van der Waals surface area contributed by atoms with Crippen LogP contribution in [0.25, 0.3) is 0 Å². The van der Waals surface area contributed by atoms with Gasteiger partial charge in [-0.25, -0.2) is 0 Å². The maximum absolute atomic E-state index is 5.95. The molecule has 2 unspecified atom stereocenters. The Morgan fingerprint density at radius 2 is 2.05 bits per heavy atom. The zero-order valence-electron chi connectivity index (χ0n) is 13.5. The van der Waals surface area contributed by atoms with Gasteiger partial charge in [0.15, 0.2) is 0 Å². The Bertz CT molecular complexity index is 419. The lowest BCUT2D eigenvalue weighted by atomic mass is 9.95. The molecule has 0 aromatic carbocycles. The molecule has 1 aromatic rings. The second-order valence-electron chi connectivity index (χ2n) is 7.07. The van der Waals surface area contributed by atoms with Gasteiger partial charge in [-0.15, -0.1) is 11.3 Å². The van der Waals surface area contributed by atoms with Gasteiger partial charge in [0, 0.05) is 22.3 Å². The van der Waals surface area contributed by atoms with E-state index in [0.717, 1.165) is 19.6 Å². The SMILES string of the molecule is CCN(Cc1ccc(C(C)(C)C)s1)C1CCCC1CN. The second kappa shape index (κ2) is 6.59. The van der Waals surface area contributed by atoms with Crippen molar-refractivity contribution in [1.82, 2.24) is 4.90 Å². The summed E-state index contributed by atoms with van der Waals surface area (Å²) in [5.74, 6) is 0.706. The van der Waals surface area contributed by atoms with E-state index in [1.54, 1.807) is 0 Å². The van der Waals surface area contributed by atoms with E-state index < -0.39 is 0 Å². The van der Waals surface area contributed by atoms with E-state index >= 15 is 0 Å². The van der Waals surface area contributed by atoms with Crippen LogP contribution in [0, 0.1) is 5.92 Å². The van der Waals surface area contributed by atoms with Crippen LogP contribution in [0.1, 0.15) is 56.7 Å². The van der Waals surface area contributed by atoms with Crippen LogP contribution in [0.5, 0.6) is 0 Å². The zero-order valence-corrected chi connectivity index (χ0v) is 14.3. The van der Waals surface area contributed by atoms with Gasteiger partial charge in [0.2, 0.25) is 0 Å². The van der Waals surface area contributed by atoms with Gasteiger partial charge in [0.1, 0.15) is 0 Å². The van der Waals surface area contributed by atoms with Crippen molar-refractivity contribution in [2.45, 2.75) is 65.0 Å². The number of rotatable bonds is 5. The van der Waals surface area contributed by atoms with Gasteiger partial charge in [0.05, 0.1) is 0 Å². The lowest BCUT2D eigenvalue weighted by molar-refractivity contribution is 0.163. The zero-order chi connectivity index (χ0) is 14.8. The smallest absolute Gasteiger partial charge is 0.0330 e. The van der Waals surface area contributed by atoms with Crippen LogP contribution in [0.15, 0.2) is 12.1 Å². The lowest BCUT2D eigenvalue weighted by Gasteiger charge is -2.31. The number of hydrogen-bond acceptors (Lipinski definition) is 3. The van der Waals surface area contributed by atoms with Crippen molar-refractivity contribution in [3.05, 3.63) is 21.9 Å². The summed E-state index contributed by atoms with van der Waals surface area (Å²) in [7, 11) is 0. The molecule has 0 radical (unpaired) electrons. The molecule has 114 valence electrons. The average Bonchev–Trinajstić information content (AvgIpc) is 3.03. The highest BCUT2D eigenvalue weighted by Crippen LogP contribution is 2.33. The van der Waals surface area contributed by atoms with Gasteiger partial charge in [0.25, 0.3) is 0 Å². The third-order valence-corrected chi connectivity index (χ3v) is 6.05. The Kier molecular flexibility index (Phi) is 5.27. The minimum absolute atomic E-state index is 0.271. The largest absolute Gasteiger partial charge is 0.330 e. The molecule has 0 aliphatic heterocycles. The predicted molar refractivity (Wildman–Crippen MR) is 89.3 cm³/mol. The van der Waals surface area contributed by atoms with Crippen LogP contribution in [-0.2, 0) is 12.0 Å². The second-order valence-corrected chi connectivity index (χ2v) is 8.24. The quantitative estimate of drug-likeness (QED) is 0.889. The fraction of sp³-hybridized carbons (Fsp3) is 0.765. The van der Waals surface area contributed by atoms with Crippen LogP contribution >= 0.6 is 11.3 Å². The number of nitrogens with two attached hydrogens (primary N) is 1. The van der Waals surface area contributed by atoms with Crippen LogP contribution in [0.3, 0.4) is 0 Å². The molecular formula is C17H30N2S. The Hall–Kier alpha value is -0.380. The van der Waals surface area contributed by atoms with Crippen molar-refractivity contribution in [2.24, 2.45) is 11.7 Å². The maximum Gasteiger partial charge on any atom is 0.0330 e. The Morgan fingerprint density at radius 1 is 1.30 bits per heavy atom. The highest BCUT2D eigenvalue weighted by Gasteiger charge is 2.30. The first kappa shape index (κ1) is 16.0. The van der Waals surface area contributed by atoms with Gasteiger partial charge in [-0.1, -0.05) is 34.1 Å². The normalized spacial score (nSPS) is 23.7. The molecule has 2 N–H and O–H groups in total. The fourth-order valence-electron chi connectivity index (χ4n) is 3.30. The summed E-state index contributed by atoms with van der Waals surface area (Å²) in [6.07, 6.45) is 3.99. The molecule has 2 nitrogen and oxygen atoms in total. The molecule has 1 aliphatic rings. The van der Waals surface area contributed by atoms with Gasteiger partial charge in [-0.3, -0.25) is 4.90 Å². The Labute approximate surface area is 128 Å². The summed E-state index contributed by atoms with van der Waals surface area (Å²) >= 11 is 1.98. The minimum Gasteiger partial charge on any atom is -0.330 e. The third kappa shape index (κ3) is 3.63. The Morgan fingerprint density at radius 3 is 2.60 bits per heavy atom. The van der Waals surface area contributed by atoms with E-state index in [4.69, 9.17) is 5.73 Å². The third-order valence-electron chi connectivity index (χ3n) is 4.56. The summed E-state index contributed by atoms with van der Waals surface area (Å²) in [5, 5.41) is 0. The predicted octanol–water partition coefficient (Wildman–Crippen LogP) is 3.99. The maximum atomic E-state index is 5.95. The highest BCUT2D eigenvalue weighted by molar-refractivity contribution is 7.12. The summed E-state index contributed by atoms with van der Waals surface area (Å²) in [5.41, 5.74) is 6.22. The monoisotopic (exact) mass is 294 g/mol. The summed E-state index contributed by atoms with van der Waals surface area (Å²) in [6, 6.07) is 5.33. The van der Waals surface area contributed by atoms with E-state index in [1.807, 2.05) is 11.3 Å². The molecule has 1 heterocycles. The van der Waals surface area contributed by atoms with Gasteiger partial charge >= 0.3 is 0 Å². The molecule has 1 fully saturated rings. The summed E-state index contributed by atoms with van der Waals surface area (Å²) in [4.78, 5) is 5.63. The van der Waals surface area contributed by atoms with Gasteiger partial charge < -0.3 is 5.73 Å². The minimum atomic E-state index is 0.271. The highest BCUT2D eigenvalue weighted by atomic mass is 32.1. The molecule has 2 atom stereocenters. The van der Waals surface area contributed by atoms with E-state index in [-0.39, 0.29) is 5.41 Å². The van der Waals surface area contributed by atoms with Crippen molar-refractivity contribution in [3.63, 3.8) is 0 Å². The van der Waals surface area contributed by atoms with Crippen LogP contribution in [0.2, 0.25) is 0 Å². The fourth-order valence-corrected chi connectivity index (χ4v) is 4.39. The number of nitrogens with zero attached hydrogens (tertiary/aromatic N) is 1. The van der Waals surface area contributed by atoms with Crippen molar-refractivity contribution >= 4 is 11.3 Å². The molecule has 1 aliphatic carbocycles. The molecule has 20 heavy (non-hydrogen) atoms. The topological polar surface area (TPSA) is 29.3 Å². The molecule has 0 saturated heterocycles. The first-order valence-corrected chi connectivity index (χ1v) is 8.80. The van der Waals surface area contributed by atoms with Crippen LogP contribution in [0.4, 0.5) is 0 Å². The number of thiophene rings is 1. The average molecular weight is 295 g/mol. The Balaban J connectivity index is 2.05. The van der Waals surface area contributed by atoms with Crippen LogP contribution in [-0.4, -0.2) is 24.0 Å². The van der Waals surface area contributed by atoms with Gasteiger partial charge in [-0.05, 0) is 49.4 Å². The van der Waals surface area contributed by atoms with Crippen molar-refractivity contribution in [1.29, 1.82) is 0 Å². The van der Waals surface area contributed by atoms with Crippen molar-refractivity contribution < 1.29 is 0 Å². The molecule has 1 saturated carbocycles. The van der Waals surface area contributed by atoms with Crippen molar-refractivity contribution in [3.8, 4) is 0 Å². The molecule has 0 amide bonds.